The fourth-order valence-electron chi connectivity index (χ4n) is 1.52. The van der Waals surface area contributed by atoms with Crippen LogP contribution in [0, 0.1) is 12.7 Å². The Morgan fingerprint density at radius 1 is 1.38 bits per heavy atom. The Balaban J connectivity index is 3.02. The monoisotopic (exact) mass is 243 g/mol. The number of hydrogen-bond donors (Lipinski definition) is 0. The summed E-state index contributed by atoms with van der Waals surface area (Å²) in [6, 6.07) is 3.53. The highest BCUT2D eigenvalue weighted by molar-refractivity contribution is 7.86. The molecule has 0 aliphatic rings. The van der Waals surface area contributed by atoms with Gasteiger partial charge in [-0.25, -0.2) is 4.39 Å². The molecule has 1 heterocycles. The molecule has 0 aliphatic carbocycles. The van der Waals surface area contributed by atoms with Gasteiger partial charge in [0, 0.05) is 17.1 Å². The van der Waals surface area contributed by atoms with Crippen molar-refractivity contribution in [2.24, 2.45) is 0 Å². The zero-order chi connectivity index (χ0) is 11.9. The number of aryl methyl sites for hydroxylation is 1. The lowest BCUT2D eigenvalue weighted by molar-refractivity contribution is 0.550. The predicted octanol–water partition coefficient (Wildman–Crippen LogP) is 2.34. The van der Waals surface area contributed by atoms with Gasteiger partial charge in [-0.3, -0.25) is 4.98 Å². The molecular weight excluding hydrogens is 236 g/mol. The van der Waals surface area contributed by atoms with Crippen LogP contribution in [-0.2, 0) is 10.2 Å². The summed E-state index contributed by atoms with van der Waals surface area (Å²) in [4.78, 5) is 3.16. The molecule has 0 radical (unpaired) electrons. The highest BCUT2D eigenvalue weighted by atomic mass is 32.3. The second-order valence-corrected chi connectivity index (χ2v) is 4.63. The van der Waals surface area contributed by atoms with Crippen molar-refractivity contribution >= 4 is 21.1 Å². The molecule has 2 aromatic rings. The molecule has 0 N–H and O–H groups in total. The first-order valence-corrected chi connectivity index (χ1v) is 5.78. The summed E-state index contributed by atoms with van der Waals surface area (Å²) >= 11 is 0. The van der Waals surface area contributed by atoms with Gasteiger partial charge in [-0.15, -0.1) is 3.89 Å². The lowest BCUT2D eigenvalue weighted by Crippen LogP contribution is -1.98. The summed E-state index contributed by atoms with van der Waals surface area (Å²) in [7, 11) is -4.95. The first-order chi connectivity index (χ1) is 7.41. The van der Waals surface area contributed by atoms with E-state index in [2.05, 4.69) is 4.98 Å². The molecule has 0 saturated carbocycles. The molecule has 0 bridgehead atoms. The fourth-order valence-corrected chi connectivity index (χ4v) is 2.19. The number of rotatable bonds is 1. The molecule has 2 rings (SSSR count). The molecule has 1 aromatic carbocycles. The van der Waals surface area contributed by atoms with E-state index in [-0.39, 0.29) is 16.5 Å². The van der Waals surface area contributed by atoms with Crippen LogP contribution in [0.2, 0.25) is 0 Å². The van der Waals surface area contributed by atoms with Crippen LogP contribution in [0.3, 0.4) is 0 Å². The Morgan fingerprint density at radius 3 is 2.69 bits per heavy atom. The maximum atomic E-state index is 13.4. The van der Waals surface area contributed by atoms with Crippen molar-refractivity contribution in [1.29, 1.82) is 0 Å². The van der Waals surface area contributed by atoms with Gasteiger partial charge < -0.3 is 0 Å². The third kappa shape index (κ3) is 1.65. The van der Waals surface area contributed by atoms with Crippen molar-refractivity contribution < 1.29 is 16.7 Å². The average molecular weight is 243 g/mol. The van der Waals surface area contributed by atoms with Crippen LogP contribution in [0.15, 0.2) is 29.3 Å². The van der Waals surface area contributed by atoms with Crippen molar-refractivity contribution in [1.82, 2.24) is 4.98 Å². The van der Waals surface area contributed by atoms with Gasteiger partial charge in [-0.1, -0.05) is 0 Å². The van der Waals surface area contributed by atoms with E-state index >= 15 is 0 Å². The number of benzene rings is 1. The van der Waals surface area contributed by atoms with E-state index in [0.717, 1.165) is 0 Å². The van der Waals surface area contributed by atoms with Crippen LogP contribution in [-0.4, -0.2) is 13.4 Å². The minimum absolute atomic E-state index is 0.0869. The maximum Gasteiger partial charge on any atom is 0.332 e. The van der Waals surface area contributed by atoms with Crippen LogP contribution in [0.4, 0.5) is 8.28 Å². The third-order valence-corrected chi connectivity index (χ3v) is 3.17. The molecule has 0 atom stereocenters. The van der Waals surface area contributed by atoms with E-state index in [1.54, 1.807) is 0 Å². The number of fused-ring (bicyclic) bond motifs is 1. The molecule has 0 fully saturated rings. The lowest BCUT2D eigenvalue weighted by atomic mass is 10.1. The van der Waals surface area contributed by atoms with Gasteiger partial charge in [-0.2, -0.15) is 8.42 Å². The zero-order valence-corrected chi connectivity index (χ0v) is 9.05. The summed E-state index contributed by atoms with van der Waals surface area (Å²) < 4.78 is 48.0. The molecule has 3 nitrogen and oxygen atoms in total. The third-order valence-electron chi connectivity index (χ3n) is 2.31. The van der Waals surface area contributed by atoms with Crippen molar-refractivity contribution in [2.45, 2.75) is 11.8 Å². The zero-order valence-electron chi connectivity index (χ0n) is 8.24. The summed E-state index contributed by atoms with van der Waals surface area (Å²) in [5.41, 5.74) is 0.349. The number of halogens is 2. The summed E-state index contributed by atoms with van der Waals surface area (Å²) in [5, 5.41) is 0.0869. The molecule has 0 amide bonds. The van der Waals surface area contributed by atoms with Crippen LogP contribution in [0.25, 0.3) is 10.9 Å². The Morgan fingerprint density at radius 2 is 2.06 bits per heavy atom. The smallest absolute Gasteiger partial charge is 0.256 e. The first-order valence-electron chi connectivity index (χ1n) is 4.40. The van der Waals surface area contributed by atoms with E-state index < -0.39 is 20.9 Å². The van der Waals surface area contributed by atoms with Crippen LogP contribution in [0.1, 0.15) is 5.56 Å². The normalized spacial score (nSPS) is 11.9. The standard InChI is InChI=1S/C10H7F2NO2S/c1-6-8(11)5-9(16(12,14)15)7-3-2-4-13-10(6)7/h2-5H,1H3. The van der Waals surface area contributed by atoms with E-state index in [1.807, 2.05) is 0 Å². The fraction of sp³-hybridized carbons (Fsp3) is 0.100. The van der Waals surface area contributed by atoms with Crippen LogP contribution < -0.4 is 0 Å². The van der Waals surface area contributed by atoms with Gasteiger partial charge >= 0.3 is 10.2 Å². The Labute approximate surface area is 90.9 Å². The first kappa shape index (κ1) is 10.9. The SMILES string of the molecule is Cc1c(F)cc(S(=O)(=O)F)c2cccnc12. The van der Waals surface area contributed by atoms with Crippen molar-refractivity contribution in [3.05, 3.63) is 35.8 Å². The molecule has 0 aliphatic heterocycles. The average Bonchev–Trinajstić information content (AvgIpc) is 2.22. The Hall–Kier alpha value is -1.56. The number of hydrogen-bond acceptors (Lipinski definition) is 3. The quantitative estimate of drug-likeness (QED) is 0.722. The van der Waals surface area contributed by atoms with Gasteiger partial charge in [0.1, 0.15) is 10.7 Å². The molecule has 16 heavy (non-hydrogen) atoms. The van der Waals surface area contributed by atoms with Gasteiger partial charge in [0.2, 0.25) is 0 Å². The van der Waals surface area contributed by atoms with Crippen molar-refractivity contribution in [3.63, 3.8) is 0 Å². The van der Waals surface area contributed by atoms with E-state index in [1.165, 1.54) is 25.3 Å². The number of nitrogens with zero attached hydrogens (tertiary/aromatic N) is 1. The molecular formula is C10H7F2NO2S. The lowest BCUT2D eigenvalue weighted by Gasteiger charge is -2.05. The predicted molar refractivity (Wildman–Crippen MR) is 54.7 cm³/mol. The van der Waals surface area contributed by atoms with Crippen LogP contribution in [0.5, 0.6) is 0 Å². The highest BCUT2D eigenvalue weighted by Crippen LogP contribution is 2.27. The second kappa shape index (κ2) is 3.48. The molecule has 0 spiro atoms. The summed E-state index contributed by atoms with van der Waals surface area (Å²) in [6.45, 7) is 1.46. The highest BCUT2D eigenvalue weighted by Gasteiger charge is 2.19. The van der Waals surface area contributed by atoms with Crippen molar-refractivity contribution in [3.8, 4) is 0 Å². The minimum atomic E-state index is -4.95. The maximum absolute atomic E-state index is 13.4. The van der Waals surface area contributed by atoms with E-state index in [0.29, 0.717) is 6.07 Å². The second-order valence-electron chi connectivity index (χ2n) is 3.32. The van der Waals surface area contributed by atoms with Crippen LogP contribution >= 0.6 is 0 Å². The summed E-state index contributed by atoms with van der Waals surface area (Å²) in [6.07, 6.45) is 1.39. The summed E-state index contributed by atoms with van der Waals surface area (Å²) in [5.74, 6) is -0.789. The minimum Gasteiger partial charge on any atom is -0.256 e. The molecule has 6 heteroatoms. The van der Waals surface area contributed by atoms with Crippen molar-refractivity contribution in [2.75, 3.05) is 0 Å². The van der Waals surface area contributed by atoms with Gasteiger partial charge in [0.15, 0.2) is 0 Å². The van der Waals surface area contributed by atoms with E-state index in [9.17, 15) is 16.7 Å². The largest absolute Gasteiger partial charge is 0.332 e. The molecule has 1 aromatic heterocycles. The Kier molecular flexibility index (Phi) is 2.38. The topological polar surface area (TPSA) is 47.0 Å². The van der Waals surface area contributed by atoms with Gasteiger partial charge in [-0.05, 0) is 25.1 Å². The van der Waals surface area contributed by atoms with Gasteiger partial charge in [0.25, 0.3) is 0 Å². The molecule has 0 unspecified atom stereocenters. The molecule has 0 saturated heterocycles. The van der Waals surface area contributed by atoms with E-state index in [4.69, 9.17) is 0 Å². The van der Waals surface area contributed by atoms with Gasteiger partial charge in [0.05, 0.1) is 5.52 Å². The number of pyridine rings is 1. The molecule has 84 valence electrons. The number of aromatic nitrogens is 1. The Bertz CT molecular complexity index is 668.